The number of benzene rings is 1. The van der Waals surface area contributed by atoms with Gasteiger partial charge >= 0.3 is 0 Å². The number of thiazole rings is 1. The maximum Gasteiger partial charge on any atom is 0.227 e. The Morgan fingerprint density at radius 3 is 2.39 bits per heavy atom. The Balaban J connectivity index is 0.00000162. The van der Waals surface area contributed by atoms with E-state index < -0.39 is 0 Å². The summed E-state index contributed by atoms with van der Waals surface area (Å²) in [7, 11) is 0. The van der Waals surface area contributed by atoms with Gasteiger partial charge in [0.15, 0.2) is 5.69 Å². The summed E-state index contributed by atoms with van der Waals surface area (Å²) in [5, 5.41) is 0. The maximum atomic E-state index is 12.7. The summed E-state index contributed by atoms with van der Waals surface area (Å²) < 4.78 is 14.7. The van der Waals surface area contributed by atoms with Gasteiger partial charge in [-0.25, -0.2) is 4.39 Å². The molecule has 0 N–H and O–H groups in total. The molecule has 1 aromatic heterocycles. The molecular formula is C13H13BrFNOS. The molecule has 5 heteroatoms. The molecule has 18 heavy (non-hydrogen) atoms. The van der Waals surface area contributed by atoms with Gasteiger partial charge in [0.25, 0.3) is 0 Å². The summed E-state index contributed by atoms with van der Waals surface area (Å²) in [5.41, 5.74) is 3.58. The number of halogens is 2. The molecule has 0 saturated carbocycles. The van der Waals surface area contributed by atoms with E-state index in [4.69, 9.17) is 0 Å². The second-order valence-electron chi connectivity index (χ2n) is 3.92. The van der Waals surface area contributed by atoms with E-state index in [9.17, 15) is 9.18 Å². The number of carbonyl (C=O) groups is 1. The number of carbonyl (C=O) groups excluding carboxylic acids is 1. The minimum absolute atomic E-state index is 0. The Morgan fingerprint density at radius 1 is 1.28 bits per heavy atom. The Hall–Kier alpha value is -1.07. The van der Waals surface area contributed by atoms with Gasteiger partial charge in [-0.1, -0.05) is 11.3 Å². The van der Waals surface area contributed by atoms with Crippen molar-refractivity contribution in [3.05, 3.63) is 51.7 Å². The zero-order valence-electron chi connectivity index (χ0n) is 10.1. The number of aromatic nitrogens is 1. The van der Waals surface area contributed by atoms with Gasteiger partial charge in [-0.15, -0.1) is 0 Å². The first-order valence-electron chi connectivity index (χ1n) is 5.31. The first-order valence-corrected chi connectivity index (χ1v) is 6.19. The van der Waals surface area contributed by atoms with Gasteiger partial charge in [0.05, 0.1) is 4.88 Å². The third kappa shape index (κ3) is 3.23. The van der Waals surface area contributed by atoms with Crippen molar-refractivity contribution in [1.29, 1.82) is 0 Å². The first-order chi connectivity index (χ1) is 8.08. The lowest BCUT2D eigenvalue weighted by atomic mass is 10.1. The van der Waals surface area contributed by atoms with E-state index in [2.05, 4.69) is 0 Å². The molecular weight excluding hydrogens is 317 g/mol. The van der Waals surface area contributed by atoms with Crippen LogP contribution in [0.1, 0.15) is 20.9 Å². The van der Waals surface area contributed by atoms with E-state index in [0.29, 0.717) is 12.1 Å². The van der Waals surface area contributed by atoms with Crippen LogP contribution in [0.3, 0.4) is 0 Å². The molecule has 1 aromatic carbocycles. The Kier molecular flexibility index (Phi) is 5.16. The molecule has 2 rings (SSSR count). The van der Waals surface area contributed by atoms with Crippen LogP contribution in [-0.2, 0) is 6.54 Å². The highest BCUT2D eigenvalue weighted by Crippen LogP contribution is 2.09. The van der Waals surface area contributed by atoms with Crippen LogP contribution < -0.4 is 21.5 Å². The summed E-state index contributed by atoms with van der Waals surface area (Å²) in [6.07, 6.45) is 0. The standard InChI is InChI=1S/C13H13FNOS.BrH/c1-9-10(2)17-8-15(9)7-13(16)11-3-5-12(14)6-4-11;/h3-6,8H,7H2,1-2H3;1H/q+1;/p-1. The fourth-order valence-electron chi connectivity index (χ4n) is 1.55. The molecule has 0 bridgehead atoms. The predicted molar refractivity (Wildman–Crippen MR) is 64.7 cm³/mol. The van der Waals surface area contributed by atoms with Crippen LogP contribution in [-0.4, -0.2) is 5.78 Å². The third-order valence-electron chi connectivity index (χ3n) is 2.78. The number of ketones is 1. The molecule has 0 amide bonds. The molecule has 0 aliphatic heterocycles. The van der Waals surface area contributed by atoms with Gasteiger partial charge in [-0.3, -0.25) is 4.79 Å². The van der Waals surface area contributed by atoms with Crippen molar-refractivity contribution in [3.63, 3.8) is 0 Å². The number of hydrogen-bond acceptors (Lipinski definition) is 2. The van der Waals surface area contributed by atoms with Crippen molar-refractivity contribution in [2.45, 2.75) is 20.4 Å². The third-order valence-corrected chi connectivity index (χ3v) is 3.79. The van der Waals surface area contributed by atoms with Crippen LogP contribution in [0.25, 0.3) is 0 Å². The van der Waals surface area contributed by atoms with Crippen LogP contribution in [0.2, 0.25) is 0 Å². The minimum atomic E-state index is -0.322. The summed E-state index contributed by atoms with van der Waals surface area (Å²) in [5.74, 6) is -0.326. The lowest BCUT2D eigenvalue weighted by Crippen LogP contribution is -3.00. The topological polar surface area (TPSA) is 20.9 Å². The molecule has 0 spiro atoms. The summed E-state index contributed by atoms with van der Waals surface area (Å²) >= 11 is 1.62. The Bertz CT molecular complexity index is 551. The smallest absolute Gasteiger partial charge is 0.227 e. The van der Waals surface area contributed by atoms with Crippen molar-refractivity contribution in [2.75, 3.05) is 0 Å². The van der Waals surface area contributed by atoms with Crippen LogP contribution in [0, 0.1) is 19.7 Å². The molecule has 0 unspecified atom stereocenters. The highest BCUT2D eigenvalue weighted by Gasteiger charge is 2.17. The highest BCUT2D eigenvalue weighted by molar-refractivity contribution is 7.09. The number of rotatable bonds is 3. The van der Waals surface area contributed by atoms with Crippen molar-refractivity contribution < 1.29 is 30.7 Å². The van der Waals surface area contributed by atoms with Crippen molar-refractivity contribution in [1.82, 2.24) is 0 Å². The molecule has 0 atom stereocenters. The number of hydrogen-bond donors (Lipinski definition) is 0. The largest absolute Gasteiger partial charge is 1.00 e. The molecule has 0 fully saturated rings. The first kappa shape index (κ1) is 15.0. The SMILES string of the molecule is Cc1sc[n+](CC(=O)c2ccc(F)cc2)c1C.[Br-]. The zero-order chi connectivity index (χ0) is 12.4. The molecule has 1 heterocycles. The zero-order valence-corrected chi connectivity index (χ0v) is 12.5. The average Bonchev–Trinajstić information content (AvgIpc) is 2.62. The second-order valence-corrected chi connectivity index (χ2v) is 4.98. The summed E-state index contributed by atoms with van der Waals surface area (Å²) in [6.45, 7) is 4.32. The molecule has 96 valence electrons. The summed E-state index contributed by atoms with van der Waals surface area (Å²) in [6, 6.07) is 5.66. The highest BCUT2D eigenvalue weighted by atomic mass is 79.9. The number of nitrogens with zero attached hydrogens (tertiary/aromatic N) is 1. The fraction of sp³-hybridized carbons (Fsp3) is 0.231. The van der Waals surface area contributed by atoms with E-state index in [1.54, 1.807) is 11.3 Å². The van der Waals surface area contributed by atoms with Crippen molar-refractivity contribution in [2.24, 2.45) is 0 Å². The van der Waals surface area contributed by atoms with Gasteiger partial charge in [-0.2, -0.15) is 4.57 Å². The number of aryl methyl sites for hydroxylation is 1. The van der Waals surface area contributed by atoms with E-state index >= 15 is 0 Å². The van der Waals surface area contributed by atoms with E-state index in [-0.39, 0.29) is 28.6 Å². The van der Waals surface area contributed by atoms with Gasteiger partial charge in [0, 0.05) is 12.5 Å². The molecule has 0 aliphatic rings. The molecule has 2 aromatic rings. The maximum absolute atomic E-state index is 12.7. The normalized spacial score (nSPS) is 9.94. The lowest BCUT2D eigenvalue weighted by molar-refractivity contribution is -0.684. The van der Waals surface area contributed by atoms with Crippen LogP contribution in [0.4, 0.5) is 4.39 Å². The Morgan fingerprint density at radius 2 is 1.89 bits per heavy atom. The van der Waals surface area contributed by atoms with Gasteiger partial charge < -0.3 is 17.0 Å². The Labute approximate surface area is 120 Å². The predicted octanol–water partition coefficient (Wildman–Crippen LogP) is -0.322. The fourth-order valence-corrected chi connectivity index (χ4v) is 2.35. The van der Waals surface area contributed by atoms with Crippen LogP contribution in [0.15, 0.2) is 29.8 Å². The van der Waals surface area contributed by atoms with Gasteiger partial charge in [0.1, 0.15) is 5.82 Å². The lowest BCUT2D eigenvalue weighted by Gasteiger charge is -1.97. The molecule has 0 radical (unpaired) electrons. The number of Topliss-reactive ketones (excluding diaryl/α,β-unsaturated/α-hetero) is 1. The van der Waals surface area contributed by atoms with Gasteiger partial charge in [-0.05, 0) is 31.2 Å². The van der Waals surface area contributed by atoms with E-state index in [1.165, 1.54) is 29.1 Å². The second kappa shape index (κ2) is 6.20. The molecule has 2 nitrogen and oxygen atoms in total. The van der Waals surface area contributed by atoms with Crippen LogP contribution in [0.5, 0.6) is 0 Å². The monoisotopic (exact) mass is 329 g/mol. The average molecular weight is 330 g/mol. The molecule has 0 saturated heterocycles. The quantitative estimate of drug-likeness (QED) is 0.558. The van der Waals surface area contributed by atoms with Crippen molar-refractivity contribution in [3.8, 4) is 0 Å². The van der Waals surface area contributed by atoms with Gasteiger partial charge in [0.2, 0.25) is 17.8 Å². The van der Waals surface area contributed by atoms with E-state index in [1.807, 2.05) is 23.9 Å². The van der Waals surface area contributed by atoms with Crippen molar-refractivity contribution >= 4 is 17.1 Å². The van der Waals surface area contributed by atoms with Crippen LogP contribution >= 0.6 is 11.3 Å². The van der Waals surface area contributed by atoms with E-state index in [0.717, 1.165) is 5.69 Å². The minimum Gasteiger partial charge on any atom is -1.00 e. The summed E-state index contributed by atoms with van der Waals surface area (Å²) in [4.78, 5) is 13.2. The molecule has 0 aliphatic carbocycles.